The first-order valence-electron chi connectivity index (χ1n) is 48.9. The first-order chi connectivity index (χ1) is 67.6. The summed E-state index contributed by atoms with van der Waals surface area (Å²) in [6, 6.07) is 66.1. The van der Waals surface area contributed by atoms with Crippen LogP contribution >= 0.6 is 15.9 Å². The minimum Gasteiger partial charge on any atom is -0.451 e. The average molecular weight is 1920 g/mol. The van der Waals surface area contributed by atoms with E-state index < -0.39 is 0 Å². The van der Waals surface area contributed by atoms with Crippen molar-refractivity contribution < 1.29 is 9.15 Å². The SMILES string of the molecule is C.Cc1nc(CCc2nc3c4ccccc4ccc3n2C)nc(C)c1-c1cocn1.Cc1nc(CCc2nc3c4ccccc4ccc3n2C)nc(C)c1Br.Cc1nc(CCc2nc3c4ccccc4ccc3n2C)nc(C)c1C1COC1.Cc1nc(CCc2nc3c4ccccc4ccc3n2C)nc(C)c1N1CCCC1.Cn1c(CCc2nc(C3CC3)cc(C3CC3)n2)nc2c3ccccc3ccc21. The summed E-state index contributed by atoms with van der Waals surface area (Å²) in [6.45, 7) is 20.2. The van der Waals surface area contributed by atoms with Gasteiger partial charge in [0.1, 0.15) is 70.2 Å². The van der Waals surface area contributed by atoms with Crippen LogP contribution < -0.4 is 4.90 Å². The molecule has 708 valence electrons. The van der Waals surface area contributed by atoms with Crippen LogP contribution in [-0.4, -0.2) is 129 Å². The van der Waals surface area contributed by atoms with Crippen LogP contribution in [0.2, 0.25) is 0 Å². The predicted molar refractivity (Wildman–Crippen MR) is 565 cm³/mol. The van der Waals surface area contributed by atoms with Crippen LogP contribution in [0.3, 0.4) is 0 Å². The van der Waals surface area contributed by atoms with E-state index in [0.717, 1.165) is 249 Å². The van der Waals surface area contributed by atoms with E-state index in [2.05, 4.69) is 310 Å². The van der Waals surface area contributed by atoms with Gasteiger partial charge in [0.15, 0.2) is 6.39 Å². The van der Waals surface area contributed by atoms with Gasteiger partial charge in [-0.3, -0.25) is 0 Å². The van der Waals surface area contributed by atoms with Crippen molar-refractivity contribution in [1.29, 1.82) is 0 Å². The maximum Gasteiger partial charge on any atom is 0.181 e. The molecule has 140 heavy (non-hydrogen) atoms. The van der Waals surface area contributed by atoms with Gasteiger partial charge in [0, 0.05) is 191 Å². The number of hydrogen-bond donors (Lipinski definition) is 0. The molecule has 13 heterocycles. The number of ether oxygens (including phenoxy) is 1. The summed E-state index contributed by atoms with van der Waals surface area (Å²) < 4.78 is 22.4. The summed E-state index contributed by atoms with van der Waals surface area (Å²) in [6.07, 6.45) is 18.8. The zero-order chi connectivity index (χ0) is 95.4. The van der Waals surface area contributed by atoms with Gasteiger partial charge in [0.2, 0.25) is 0 Å². The molecule has 10 aromatic carbocycles. The number of halogens is 1. The van der Waals surface area contributed by atoms with Gasteiger partial charge < -0.3 is 36.9 Å². The Morgan fingerprint density at radius 2 is 0.600 bits per heavy atom. The van der Waals surface area contributed by atoms with Gasteiger partial charge in [-0.2, -0.15) is 0 Å². The Balaban J connectivity index is 0.000000107. The zero-order valence-electron chi connectivity index (χ0n) is 81.5. The normalized spacial score (nSPS) is 13.7. The van der Waals surface area contributed by atoms with Crippen molar-refractivity contribution >= 4 is 131 Å². The molecular formula is C115H119BrN22O2. The van der Waals surface area contributed by atoms with Crippen LogP contribution in [0.4, 0.5) is 5.69 Å². The van der Waals surface area contributed by atoms with Crippen LogP contribution in [-0.2, 0) is 104 Å². The minimum absolute atomic E-state index is 0. The molecule has 2 aliphatic carbocycles. The molecule has 0 unspecified atom stereocenters. The number of fused-ring (bicyclic) bond motifs is 15. The third-order valence-corrected chi connectivity index (χ3v) is 29.5. The molecule has 21 aromatic rings. The number of hydrogen-bond acceptors (Lipinski definition) is 19. The minimum atomic E-state index is 0. The van der Waals surface area contributed by atoms with E-state index in [-0.39, 0.29) is 7.43 Å². The average Bonchev–Trinajstić information content (AvgIpc) is 1.61. The topological polar surface area (TPSA) is 256 Å². The number of aryl methyl sites for hydroxylation is 23. The molecule has 0 amide bonds. The quantitative estimate of drug-likeness (QED) is 0.0687. The number of oxazole rings is 1. The molecule has 0 spiro atoms. The molecule has 11 aromatic heterocycles. The van der Waals surface area contributed by atoms with Crippen LogP contribution in [0.1, 0.15) is 184 Å². The molecule has 0 bridgehead atoms. The second-order valence-electron chi connectivity index (χ2n) is 37.9. The lowest BCUT2D eigenvalue weighted by molar-refractivity contribution is 0.00756. The summed E-state index contributed by atoms with van der Waals surface area (Å²) in [4.78, 5) is 79.1. The smallest absolute Gasteiger partial charge is 0.181 e. The third kappa shape index (κ3) is 19.0. The van der Waals surface area contributed by atoms with E-state index in [9.17, 15) is 0 Å². The molecule has 0 atom stereocenters. The second kappa shape index (κ2) is 39.9. The van der Waals surface area contributed by atoms with Gasteiger partial charge in [-0.25, -0.2) is 79.7 Å². The highest BCUT2D eigenvalue weighted by atomic mass is 79.9. The number of nitrogens with zero attached hydrogens (tertiary/aromatic N) is 22. The van der Waals surface area contributed by atoms with Crippen molar-refractivity contribution in [2.24, 2.45) is 35.2 Å². The Morgan fingerprint density at radius 3 is 0.886 bits per heavy atom. The molecule has 2 saturated carbocycles. The first kappa shape index (κ1) is 93.4. The van der Waals surface area contributed by atoms with Crippen LogP contribution in [0.25, 0.3) is 120 Å². The van der Waals surface area contributed by atoms with E-state index in [1.807, 2.05) is 27.7 Å². The van der Waals surface area contributed by atoms with Gasteiger partial charge in [0.05, 0.1) is 113 Å². The van der Waals surface area contributed by atoms with E-state index in [4.69, 9.17) is 73.9 Å². The summed E-state index contributed by atoms with van der Waals surface area (Å²) in [5, 5.41) is 12.2. The van der Waals surface area contributed by atoms with Crippen molar-refractivity contribution in [1.82, 2.24) is 103 Å². The van der Waals surface area contributed by atoms with E-state index in [1.54, 1.807) is 6.26 Å². The fourth-order valence-corrected chi connectivity index (χ4v) is 20.8. The zero-order valence-corrected chi connectivity index (χ0v) is 83.0. The van der Waals surface area contributed by atoms with Crippen molar-refractivity contribution in [3.8, 4) is 11.3 Å². The van der Waals surface area contributed by atoms with Crippen molar-refractivity contribution in [3.05, 3.63) is 326 Å². The highest BCUT2D eigenvalue weighted by Crippen LogP contribution is 2.44. The largest absolute Gasteiger partial charge is 0.451 e. The van der Waals surface area contributed by atoms with E-state index in [0.29, 0.717) is 17.8 Å². The van der Waals surface area contributed by atoms with Gasteiger partial charge in [-0.15, -0.1) is 0 Å². The monoisotopic (exact) mass is 1920 g/mol. The Hall–Kier alpha value is -14.3. The fourth-order valence-electron chi connectivity index (χ4n) is 20.6. The van der Waals surface area contributed by atoms with Crippen molar-refractivity contribution in [2.75, 3.05) is 31.2 Å². The highest BCUT2D eigenvalue weighted by Gasteiger charge is 2.32. The molecule has 24 nitrogen and oxygen atoms in total. The Bertz CT molecular complexity index is 8130. The molecule has 25 rings (SSSR count). The molecule has 25 heteroatoms. The summed E-state index contributed by atoms with van der Waals surface area (Å²) in [7, 11) is 10.5. The van der Waals surface area contributed by atoms with Gasteiger partial charge in [-0.05, 0) is 173 Å². The number of benzene rings is 10. The lowest BCUT2D eigenvalue weighted by Gasteiger charge is -2.28. The molecule has 2 aliphatic heterocycles. The first-order valence-corrected chi connectivity index (χ1v) is 49.7. The van der Waals surface area contributed by atoms with Crippen molar-refractivity contribution in [3.63, 3.8) is 0 Å². The summed E-state index contributed by atoms with van der Waals surface area (Å²) in [5.41, 5.74) is 26.2. The summed E-state index contributed by atoms with van der Waals surface area (Å²) in [5.74, 6) is 11.7. The molecule has 2 saturated heterocycles. The van der Waals surface area contributed by atoms with Crippen LogP contribution in [0.5, 0.6) is 0 Å². The standard InChI is InChI=1S/C24H27N5.C24H24N4.C23H21N5O.C23H24N4O.C20H19BrN4.CH4/c1-16-24(29-14-6-7-15-29)17(2)26-21(25-16)12-13-22-27-23-19-9-5-4-8-18(19)10-11-20(23)28(22)3;1-28-21-11-10-15-4-2-3-5-18(15)24(21)27-23(28)13-12-22-25-19(16-6-7-16)14-20(26-22)17-8-9-17;1-14-22(18-12-29-13-24-18)15(2)26-20(25-14)10-11-21-27-23-17-7-5-4-6-16(17)8-9-19(23)28(21)3;1-14-22(17-12-28-13-17)15(2)25-20(24-14)10-11-21-26-23-18-7-5-4-6-16(18)8-9-19(23)27(21)3;1-12-19(21)13(2)23-17(22-12)10-11-18-24-20-15-7-5-4-6-14(15)8-9-16(20)25(18)3;/h4-5,8-11H,6-7,12-15H2,1-3H3;2-5,10-11,14,16-17H,6-9,12-13H2,1H3;4-9,12-13H,10-11H2,1-3H3;4-9,17H,10-13H2,1-3H3;4-9H,10-11H2,1-3H3;1H4. The maximum absolute atomic E-state index is 5.34. The van der Waals surface area contributed by atoms with Crippen LogP contribution in [0, 0.1) is 55.4 Å². The van der Waals surface area contributed by atoms with Gasteiger partial charge in [0.25, 0.3) is 0 Å². The lowest BCUT2D eigenvalue weighted by Crippen LogP contribution is -2.27. The lowest BCUT2D eigenvalue weighted by atomic mass is 9.95. The van der Waals surface area contributed by atoms with E-state index >= 15 is 0 Å². The number of anilines is 1. The van der Waals surface area contributed by atoms with Gasteiger partial charge >= 0.3 is 0 Å². The fraction of sp³-hybridized carbons (Fsp3) is 0.322. The number of imidazole rings is 5. The maximum atomic E-state index is 5.34. The van der Waals surface area contributed by atoms with Crippen LogP contribution in [0.15, 0.2) is 210 Å². The molecule has 4 fully saturated rings. The Labute approximate surface area is 823 Å². The number of rotatable bonds is 20. The van der Waals surface area contributed by atoms with Crippen molar-refractivity contribution in [2.45, 2.75) is 183 Å². The second-order valence-corrected chi connectivity index (χ2v) is 38.7. The molecule has 0 radical (unpaired) electrons. The van der Waals surface area contributed by atoms with Gasteiger partial charge in [-0.1, -0.05) is 159 Å². The molecular weight excluding hydrogens is 1800 g/mol. The summed E-state index contributed by atoms with van der Waals surface area (Å²) >= 11 is 3.53. The van der Waals surface area contributed by atoms with E-state index in [1.165, 1.54) is 138 Å². The molecule has 0 N–H and O–H groups in total. The Morgan fingerprint density at radius 1 is 0.314 bits per heavy atom. The number of aromatic nitrogens is 21. The third-order valence-electron chi connectivity index (χ3n) is 28.4. The predicted octanol–water partition coefficient (Wildman–Crippen LogP) is 23.5. The molecule has 4 aliphatic rings. The Kier molecular flexibility index (Phi) is 26.6. The highest BCUT2D eigenvalue weighted by molar-refractivity contribution is 9.10.